The van der Waals surface area contributed by atoms with Crippen LogP contribution in [0.1, 0.15) is 55.8 Å². The molecule has 3 aromatic heterocycles. The Morgan fingerprint density at radius 3 is 2.63 bits per heavy atom. The van der Waals surface area contributed by atoms with Crippen molar-refractivity contribution < 1.29 is 27.4 Å². The zero-order valence-corrected chi connectivity index (χ0v) is 19.3. The van der Waals surface area contributed by atoms with Crippen LogP contribution in [-0.4, -0.2) is 62.0 Å². The van der Waals surface area contributed by atoms with Gasteiger partial charge in [-0.3, -0.25) is 4.40 Å². The first-order chi connectivity index (χ1) is 16.8. The van der Waals surface area contributed by atoms with Gasteiger partial charge in [0.2, 0.25) is 17.7 Å². The van der Waals surface area contributed by atoms with Crippen molar-refractivity contribution >= 4 is 11.7 Å². The summed E-state index contributed by atoms with van der Waals surface area (Å²) in [5.74, 6) is 1.45. The van der Waals surface area contributed by atoms with Crippen molar-refractivity contribution in [2.24, 2.45) is 0 Å². The van der Waals surface area contributed by atoms with Gasteiger partial charge in [-0.15, -0.1) is 10.2 Å². The van der Waals surface area contributed by atoms with Crippen molar-refractivity contribution in [3.63, 3.8) is 0 Å². The second kappa shape index (κ2) is 9.44. The molecule has 0 saturated heterocycles. The lowest BCUT2D eigenvalue weighted by atomic mass is 9.85. The fraction of sp³-hybridized carbons (Fsp3) is 0.591. The second-order valence-corrected chi connectivity index (χ2v) is 8.88. The molecule has 0 unspecified atom stereocenters. The van der Waals surface area contributed by atoms with Crippen molar-refractivity contribution in [2.45, 2.75) is 68.9 Å². The van der Waals surface area contributed by atoms with Crippen molar-refractivity contribution in [1.82, 2.24) is 29.5 Å². The molecular weight excluding hydrogens is 467 g/mol. The number of hydrogen-bond donors (Lipinski definition) is 1. The SMILES string of the molecule is COc1ccn2c([C@H]3CCC[C@@H](Nc4ncc(C(F)(F)F)c(OC5CC(OC)C5)n4)C3)nnc2n1. The third-order valence-corrected chi connectivity index (χ3v) is 6.58. The molecule has 2 fully saturated rings. The van der Waals surface area contributed by atoms with E-state index in [1.165, 1.54) is 7.11 Å². The molecule has 0 spiro atoms. The number of ether oxygens (including phenoxy) is 3. The number of halogens is 3. The molecule has 2 aliphatic rings. The van der Waals surface area contributed by atoms with Crippen LogP contribution in [-0.2, 0) is 10.9 Å². The van der Waals surface area contributed by atoms with E-state index in [0.29, 0.717) is 30.9 Å². The van der Waals surface area contributed by atoms with Gasteiger partial charge in [-0.05, 0) is 19.3 Å². The van der Waals surface area contributed by atoms with E-state index in [2.05, 4.69) is 30.5 Å². The van der Waals surface area contributed by atoms with Crippen LogP contribution in [0.15, 0.2) is 18.5 Å². The smallest absolute Gasteiger partial charge is 0.423 e. The molecule has 0 aliphatic heterocycles. The minimum absolute atomic E-state index is 0.00235. The minimum Gasteiger partial charge on any atom is -0.481 e. The molecule has 1 N–H and O–H groups in total. The maximum Gasteiger partial charge on any atom is 0.423 e. The maximum absolute atomic E-state index is 13.5. The molecule has 2 saturated carbocycles. The normalized spacial score (nSPS) is 24.7. The van der Waals surface area contributed by atoms with Crippen LogP contribution in [0.3, 0.4) is 0 Å². The largest absolute Gasteiger partial charge is 0.481 e. The molecule has 0 bridgehead atoms. The molecule has 13 heteroatoms. The van der Waals surface area contributed by atoms with E-state index >= 15 is 0 Å². The summed E-state index contributed by atoms with van der Waals surface area (Å²) in [4.78, 5) is 12.3. The van der Waals surface area contributed by atoms with Crippen molar-refractivity contribution in [1.29, 1.82) is 0 Å². The third-order valence-electron chi connectivity index (χ3n) is 6.58. The second-order valence-electron chi connectivity index (χ2n) is 8.88. The predicted octanol–water partition coefficient (Wildman–Crippen LogP) is 3.64. The van der Waals surface area contributed by atoms with E-state index in [9.17, 15) is 13.2 Å². The van der Waals surface area contributed by atoms with Crippen LogP contribution < -0.4 is 14.8 Å². The zero-order chi connectivity index (χ0) is 24.6. The Balaban J connectivity index is 1.31. The fourth-order valence-electron chi connectivity index (χ4n) is 4.60. The van der Waals surface area contributed by atoms with Gasteiger partial charge in [-0.2, -0.15) is 23.1 Å². The highest BCUT2D eigenvalue weighted by Crippen LogP contribution is 2.38. The summed E-state index contributed by atoms with van der Waals surface area (Å²) in [6.45, 7) is 0. The first kappa shape index (κ1) is 23.5. The average Bonchev–Trinajstić information content (AvgIpc) is 3.24. The summed E-state index contributed by atoms with van der Waals surface area (Å²) in [5, 5.41) is 11.7. The third kappa shape index (κ3) is 4.95. The molecule has 2 atom stereocenters. The van der Waals surface area contributed by atoms with E-state index < -0.39 is 17.6 Å². The number of hydrogen-bond acceptors (Lipinski definition) is 9. The molecule has 3 heterocycles. The van der Waals surface area contributed by atoms with Crippen LogP contribution in [0.25, 0.3) is 5.78 Å². The molecule has 0 radical (unpaired) electrons. The minimum atomic E-state index is -4.61. The van der Waals surface area contributed by atoms with Gasteiger partial charge in [0.1, 0.15) is 17.5 Å². The molecule has 188 valence electrons. The van der Waals surface area contributed by atoms with Crippen molar-refractivity contribution in [3.8, 4) is 11.8 Å². The van der Waals surface area contributed by atoms with Gasteiger partial charge in [-0.1, -0.05) is 6.42 Å². The summed E-state index contributed by atoms with van der Waals surface area (Å²) < 4.78 is 58.3. The average molecular weight is 493 g/mol. The molecular formula is C22H26F3N7O3. The predicted molar refractivity (Wildman–Crippen MR) is 117 cm³/mol. The van der Waals surface area contributed by atoms with Gasteiger partial charge in [0.05, 0.1) is 13.2 Å². The summed E-state index contributed by atoms with van der Waals surface area (Å²) >= 11 is 0. The first-order valence-electron chi connectivity index (χ1n) is 11.5. The number of nitrogens with one attached hydrogen (secondary N) is 1. The maximum atomic E-state index is 13.5. The van der Waals surface area contributed by atoms with Gasteiger partial charge in [0.25, 0.3) is 5.78 Å². The highest BCUT2D eigenvalue weighted by atomic mass is 19.4. The topological polar surface area (TPSA) is 109 Å². The molecule has 5 rings (SSSR count). The van der Waals surface area contributed by atoms with Crippen LogP contribution in [0.2, 0.25) is 0 Å². The summed E-state index contributed by atoms with van der Waals surface area (Å²) in [6, 6.07) is 1.70. The molecule has 0 amide bonds. The van der Waals surface area contributed by atoms with E-state index in [1.54, 1.807) is 13.2 Å². The summed E-state index contributed by atoms with van der Waals surface area (Å²) in [7, 11) is 3.11. The Labute approximate surface area is 199 Å². The van der Waals surface area contributed by atoms with Crippen molar-refractivity contribution in [3.05, 3.63) is 29.8 Å². The Morgan fingerprint density at radius 1 is 1.06 bits per heavy atom. The highest BCUT2D eigenvalue weighted by molar-refractivity contribution is 5.37. The Bertz CT molecular complexity index is 1180. The van der Waals surface area contributed by atoms with Gasteiger partial charge >= 0.3 is 6.18 Å². The van der Waals surface area contributed by atoms with Gasteiger partial charge in [-0.25, -0.2) is 4.98 Å². The Kier molecular flexibility index (Phi) is 6.34. The van der Waals surface area contributed by atoms with E-state index in [4.69, 9.17) is 14.2 Å². The van der Waals surface area contributed by atoms with E-state index in [1.807, 2.05) is 10.6 Å². The number of methoxy groups -OCH3 is 2. The van der Waals surface area contributed by atoms with Crippen LogP contribution in [0.4, 0.5) is 19.1 Å². The summed E-state index contributed by atoms with van der Waals surface area (Å²) in [5.41, 5.74) is -0.983. The van der Waals surface area contributed by atoms with Crippen LogP contribution in [0, 0.1) is 0 Å². The lowest BCUT2D eigenvalue weighted by Crippen LogP contribution is -2.39. The molecule has 35 heavy (non-hydrogen) atoms. The van der Waals surface area contributed by atoms with E-state index in [-0.39, 0.29) is 30.1 Å². The molecule has 0 aromatic carbocycles. The molecule has 3 aromatic rings. The number of aromatic nitrogens is 6. The van der Waals surface area contributed by atoms with Gasteiger partial charge in [0, 0.05) is 50.4 Å². The first-order valence-corrected chi connectivity index (χ1v) is 11.5. The fourth-order valence-corrected chi connectivity index (χ4v) is 4.60. The number of anilines is 1. The quantitative estimate of drug-likeness (QED) is 0.528. The lowest BCUT2D eigenvalue weighted by molar-refractivity contribution is -0.141. The monoisotopic (exact) mass is 493 g/mol. The number of rotatable bonds is 7. The molecule has 10 nitrogen and oxygen atoms in total. The molecule has 2 aliphatic carbocycles. The zero-order valence-electron chi connectivity index (χ0n) is 19.3. The van der Waals surface area contributed by atoms with Gasteiger partial charge < -0.3 is 19.5 Å². The lowest BCUT2D eigenvalue weighted by Gasteiger charge is -2.34. The number of fused-ring (bicyclic) bond motifs is 1. The van der Waals surface area contributed by atoms with Gasteiger partial charge in [0.15, 0.2) is 0 Å². The standard InChI is InChI=1S/C22H26F3N7O3/c1-33-14-9-15(10-14)35-19-16(22(23,24)25)11-26-20(29-19)27-13-5-3-4-12(8-13)18-30-31-21-28-17(34-2)6-7-32(18)21/h6-7,11-15H,3-5,8-10H2,1-2H3,(H,26,27,29)/t12-,13+,14?,15?/m0/s1. The summed E-state index contributed by atoms with van der Waals surface area (Å²) in [6.07, 6.45) is 2.03. The number of nitrogens with zero attached hydrogens (tertiary/aromatic N) is 6. The highest BCUT2D eigenvalue weighted by Gasteiger charge is 2.39. The van der Waals surface area contributed by atoms with Crippen LogP contribution in [0.5, 0.6) is 11.8 Å². The van der Waals surface area contributed by atoms with Crippen molar-refractivity contribution in [2.75, 3.05) is 19.5 Å². The van der Waals surface area contributed by atoms with Crippen LogP contribution >= 0.6 is 0 Å². The Morgan fingerprint density at radius 2 is 1.89 bits per heavy atom. The Hall–Kier alpha value is -3.22. The number of alkyl halides is 3. The van der Waals surface area contributed by atoms with E-state index in [0.717, 1.165) is 31.3 Å².